The van der Waals surface area contributed by atoms with Gasteiger partial charge in [-0.2, -0.15) is 0 Å². The van der Waals surface area contributed by atoms with Gasteiger partial charge in [-0.05, 0) is 0 Å². The smallest absolute Gasteiger partial charge is 0.333 e. The van der Waals surface area contributed by atoms with Gasteiger partial charge in [-0.3, -0.25) is 14.4 Å². The summed E-state index contributed by atoms with van der Waals surface area (Å²) in [6, 6.07) is 0. The molecule has 1 aliphatic rings. The Balaban J connectivity index is 2.37. The van der Waals surface area contributed by atoms with E-state index in [1.165, 1.54) is 4.90 Å². The van der Waals surface area contributed by atoms with Crippen LogP contribution in [0.15, 0.2) is 0 Å². The zero-order valence-corrected chi connectivity index (χ0v) is 9.76. The number of carbonyl (C=O) groups is 4. The normalized spacial score (nSPS) is 15.1. The van der Waals surface area contributed by atoms with Crippen molar-refractivity contribution in [3.63, 3.8) is 0 Å². The number of imide groups is 1. The molecule has 0 aromatic carbocycles. The summed E-state index contributed by atoms with van der Waals surface area (Å²) in [7, 11) is 3.14. The molecule has 0 radical (unpaired) electrons. The fourth-order valence-electron chi connectivity index (χ4n) is 1.24. The highest BCUT2D eigenvalue weighted by molar-refractivity contribution is 6.01. The van der Waals surface area contributed by atoms with Gasteiger partial charge >= 0.3 is 5.97 Å². The van der Waals surface area contributed by atoms with Crippen LogP contribution in [0.3, 0.4) is 0 Å². The standard InChI is InChI=1S/C10H14N2O5/c1-11(2)7(13)5-6-10(16)17-12-8(14)3-4-9(12)15/h3-6H2,1-2H3. The first-order chi connectivity index (χ1) is 7.91. The van der Waals surface area contributed by atoms with E-state index in [0.29, 0.717) is 5.06 Å². The average molecular weight is 242 g/mol. The third-order valence-corrected chi connectivity index (χ3v) is 2.24. The molecule has 0 aliphatic carbocycles. The maximum Gasteiger partial charge on any atom is 0.333 e. The number of hydrogen-bond donors (Lipinski definition) is 0. The molecule has 1 rings (SSSR count). The van der Waals surface area contributed by atoms with Crippen LogP contribution in [0.25, 0.3) is 0 Å². The van der Waals surface area contributed by atoms with Crippen LogP contribution in [0.5, 0.6) is 0 Å². The minimum atomic E-state index is -0.760. The lowest BCUT2D eigenvalue weighted by Crippen LogP contribution is -2.32. The monoisotopic (exact) mass is 242 g/mol. The topological polar surface area (TPSA) is 84.0 Å². The molecule has 0 unspecified atom stereocenters. The highest BCUT2D eigenvalue weighted by atomic mass is 16.7. The van der Waals surface area contributed by atoms with Crippen molar-refractivity contribution in [2.45, 2.75) is 25.7 Å². The first kappa shape index (κ1) is 13.1. The number of nitrogens with zero attached hydrogens (tertiary/aromatic N) is 2. The van der Waals surface area contributed by atoms with E-state index in [9.17, 15) is 19.2 Å². The Kier molecular flexibility index (Phi) is 4.19. The highest BCUT2D eigenvalue weighted by Gasteiger charge is 2.32. The van der Waals surface area contributed by atoms with Gasteiger partial charge in [0.1, 0.15) is 0 Å². The van der Waals surface area contributed by atoms with E-state index in [4.69, 9.17) is 0 Å². The van der Waals surface area contributed by atoms with Gasteiger partial charge in [-0.1, -0.05) is 0 Å². The molecule has 0 saturated carbocycles. The van der Waals surface area contributed by atoms with Crippen LogP contribution in [0.1, 0.15) is 25.7 Å². The van der Waals surface area contributed by atoms with Crippen LogP contribution in [0, 0.1) is 0 Å². The molecule has 0 N–H and O–H groups in total. The Bertz CT molecular complexity index is 348. The van der Waals surface area contributed by atoms with Crippen molar-refractivity contribution in [2.24, 2.45) is 0 Å². The second-order valence-corrected chi connectivity index (χ2v) is 3.83. The fourth-order valence-corrected chi connectivity index (χ4v) is 1.24. The van der Waals surface area contributed by atoms with Crippen LogP contribution < -0.4 is 0 Å². The zero-order chi connectivity index (χ0) is 13.0. The second kappa shape index (κ2) is 5.42. The molecule has 94 valence electrons. The van der Waals surface area contributed by atoms with Gasteiger partial charge in [0.05, 0.1) is 6.42 Å². The molecule has 7 heteroatoms. The lowest BCUT2D eigenvalue weighted by atomic mass is 10.3. The van der Waals surface area contributed by atoms with Gasteiger partial charge in [-0.25, -0.2) is 4.79 Å². The van der Waals surface area contributed by atoms with Gasteiger partial charge in [0, 0.05) is 33.4 Å². The molecule has 17 heavy (non-hydrogen) atoms. The number of rotatable bonds is 4. The van der Waals surface area contributed by atoms with Crippen molar-refractivity contribution in [1.82, 2.24) is 9.96 Å². The van der Waals surface area contributed by atoms with E-state index >= 15 is 0 Å². The zero-order valence-electron chi connectivity index (χ0n) is 9.76. The molecule has 0 aromatic rings. The molecule has 1 heterocycles. The van der Waals surface area contributed by atoms with Crippen molar-refractivity contribution < 1.29 is 24.0 Å². The first-order valence-corrected chi connectivity index (χ1v) is 5.18. The van der Waals surface area contributed by atoms with Crippen molar-refractivity contribution in [3.05, 3.63) is 0 Å². The van der Waals surface area contributed by atoms with Gasteiger partial charge in [0.25, 0.3) is 11.8 Å². The Morgan fingerprint density at radius 1 is 1.18 bits per heavy atom. The number of hydroxylamine groups is 2. The van der Waals surface area contributed by atoms with Gasteiger partial charge < -0.3 is 9.74 Å². The van der Waals surface area contributed by atoms with Gasteiger partial charge in [0.2, 0.25) is 5.91 Å². The molecular formula is C10H14N2O5. The van der Waals surface area contributed by atoms with E-state index in [-0.39, 0.29) is 31.6 Å². The largest absolute Gasteiger partial charge is 0.349 e. The van der Waals surface area contributed by atoms with E-state index in [1.54, 1.807) is 14.1 Å². The molecule has 7 nitrogen and oxygen atoms in total. The summed E-state index contributed by atoms with van der Waals surface area (Å²) in [5.41, 5.74) is 0. The fraction of sp³-hybridized carbons (Fsp3) is 0.600. The van der Waals surface area contributed by atoms with E-state index < -0.39 is 17.8 Å². The van der Waals surface area contributed by atoms with Crippen molar-refractivity contribution in [1.29, 1.82) is 0 Å². The predicted molar refractivity (Wildman–Crippen MR) is 55.1 cm³/mol. The second-order valence-electron chi connectivity index (χ2n) is 3.83. The van der Waals surface area contributed by atoms with Crippen LogP contribution in [-0.4, -0.2) is 47.7 Å². The van der Waals surface area contributed by atoms with Gasteiger partial charge in [-0.15, -0.1) is 5.06 Å². The van der Waals surface area contributed by atoms with Crippen LogP contribution >= 0.6 is 0 Å². The molecule has 1 saturated heterocycles. The quantitative estimate of drug-likeness (QED) is 0.618. The Morgan fingerprint density at radius 3 is 2.18 bits per heavy atom. The van der Waals surface area contributed by atoms with E-state index in [2.05, 4.69) is 4.84 Å². The minimum Gasteiger partial charge on any atom is -0.349 e. The third-order valence-electron chi connectivity index (χ3n) is 2.24. The molecule has 0 spiro atoms. The summed E-state index contributed by atoms with van der Waals surface area (Å²) in [5.74, 6) is -2.03. The van der Waals surface area contributed by atoms with E-state index in [1.807, 2.05) is 0 Å². The van der Waals surface area contributed by atoms with Gasteiger partial charge in [0.15, 0.2) is 0 Å². The third kappa shape index (κ3) is 3.54. The Hall–Kier alpha value is -1.92. The summed E-state index contributed by atoms with van der Waals surface area (Å²) in [6.45, 7) is 0. The van der Waals surface area contributed by atoms with Crippen LogP contribution in [0.2, 0.25) is 0 Å². The molecule has 1 fully saturated rings. The Labute approximate surface area is 98.3 Å². The van der Waals surface area contributed by atoms with Crippen LogP contribution in [-0.2, 0) is 24.0 Å². The summed E-state index contributed by atoms with van der Waals surface area (Å²) in [5, 5.41) is 0.475. The summed E-state index contributed by atoms with van der Waals surface area (Å²) in [6.07, 6.45) is -0.0540. The maximum absolute atomic E-state index is 11.3. The lowest BCUT2D eigenvalue weighted by molar-refractivity contribution is -0.197. The van der Waals surface area contributed by atoms with E-state index in [0.717, 1.165) is 0 Å². The molecule has 0 aromatic heterocycles. The number of amides is 3. The van der Waals surface area contributed by atoms with Crippen molar-refractivity contribution >= 4 is 23.7 Å². The summed E-state index contributed by atoms with van der Waals surface area (Å²) in [4.78, 5) is 50.6. The minimum absolute atomic E-state index is 0.0119. The maximum atomic E-state index is 11.3. The number of carbonyl (C=O) groups excluding carboxylic acids is 4. The molecule has 1 aliphatic heterocycles. The lowest BCUT2D eigenvalue weighted by Gasteiger charge is -2.13. The average Bonchev–Trinajstić information content (AvgIpc) is 2.57. The highest BCUT2D eigenvalue weighted by Crippen LogP contribution is 2.12. The summed E-state index contributed by atoms with van der Waals surface area (Å²) >= 11 is 0. The van der Waals surface area contributed by atoms with Crippen molar-refractivity contribution in [2.75, 3.05) is 14.1 Å². The Morgan fingerprint density at radius 2 is 1.71 bits per heavy atom. The predicted octanol–water partition coefficient (Wildman–Crippen LogP) is -0.538. The first-order valence-electron chi connectivity index (χ1n) is 5.18. The molecular weight excluding hydrogens is 228 g/mol. The SMILES string of the molecule is CN(C)C(=O)CCC(=O)ON1C(=O)CCC1=O. The molecule has 3 amide bonds. The summed E-state index contributed by atoms with van der Waals surface area (Å²) < 4.78 is 0. The van der Waals surface area contributed by atoms with Crippen LogP contribution in [0.4, 0.5) is 0 Å². The van der Waals surface area contributed by atoms with Crippen molar-refractivity contribution in [3.8, 4) is 0 Å². The number of hydrogen-bond acceptors (Lipinski definition) is 5. The molecule has 0 bridgehead atoms. The molecule has 0 atom stereocenters.